The Kier molecular flexibility index (Phi) is 4.54. The van der Waals surface area contributed by atoms with E-state index in [9.17, 15) is 4.39 Å². The fourth-order valence-corrected chi connectivity index (χ4v) is 3.57. The maximum atomic E-state index is 13.7. The van der Waals surface area contributed by atoms with Crippen LogP contribution in [-0.2, 0) is 6.54 Å². The van der Waals surface area contributed by atoms with Crippen LogP contribution in [0.15, 0.2) is 29.9 Å². The van der Waals surface area contributed by atoms with Crippen LogP contribution in [0, 0.1) is 5.82 Å². The molecular formula is C15H17ClFN3S. The maximum absolute atomic E-state index is 13.7. The van der Waals surface area contributed by atoms with Crippen molar-refractivity contribution in [1.29, 1.82) is 0 Å². The molecule has 0 radical (unpaired) electrons. The van der Waals surface area contributed by atoms with Crippen molar-refractivity contribution in [2.75, 3.05) is 13.6 Å². The average Bonchev–Trinajstić information content (AvgIpc) is 3.09. The molecule has 2 atom stereocenters. The smallest absolute Gasteiger partial charge is 0.142 e. The van der Waals surface area contributed by atoms with Crippen molar-refractivity contribution in [2.45, 2.75) is 25.0 Å². The number of benzene rings is 1. The van der Waals surface area contributed by atoms with Gasteiger partial charge in [-0.05, 0) is 31.2 Å². The molecule has 0 unspecified atom stereocenters. The van der Waals surface area contributed by atoms with Crippen LogP contribution in [0.5, 0.6) is 0 Å². The van der Waals surface area contributed by atoms with E-state index in [1.54, 1.807) is 23.5 Å². The van der Waals surface area contributed by atoms with Gasteiger partial charge in [-0.25, -0.2) is 4.39 Å². The molecule has 112 valence electrons. The summed E-state index contributed by atoms with van der Waals surface area (Å²) >= 11 is 7.42. The van der Waals surface area contributed by atoms with Gasteiger partial charge in [-0.15, -0.1) is 11.3 Å². The van der Waals surface area contributed by atoms with Gasteiger partial charge in [-0.3, -0.25) is 9.88 Å². The average molecular weight is 326 g/mol. The molecule has 1 aliphatic heterocycles. The van der Waals surface area contributed by atoms with Crippen molar-refractivity contribution in [3.63, 3.8) is 0 Å². The fourth-order valence-electron chi connectivity index (χ4n) is 2.90. The van der Waals surface area contributed by atoms with Gasteiger partial charge in [0.25, 0.3) is 0 Å². The molecule has 21 heavy (non-hydrogen) atoms. The van der Waals surface area contributed by atoms with E-state index in [1.165, 1.54) is 4.88 Å². The number of halogens is 2. The summed E-state index contributed by atoms with van der Waals surface area (Å²) in [7, 11) is 2.07. The molecule has 1 saturated heterocycles. The Labute approximate surface area is 132 Å². The quantitative estimate of drug-likeness (QED) is 0.933. The lowest BCUT2D eigenvalue weighted by Gasteiger charge is -2.26. The molecule has 0 amide bonds. The second-order valence-corrected chi connectivity index (χ2v) is 6.72. The number of likely N-dealkylation sites (N-methyl/N-ethyl adjacent to an activating group) is 1. The minimum atomic E-state index is -0.351. The monoisotopic (exact) mass is 325 g/mol. The lowest BCUT2D eigenvalue weighted by molar-refractivity contribution is 0.285. The minimum absolute atomic E-state index is 0.171. The van der Waals surface area contributed by atoms with E-state index >= 15 is 0 Å². The number of rotatable bonds is 4. The number of thiazole rings is 1. The largest absolute Gasteiger partial charge is 0.307 e. The zero-order valence-corrected chi connectivity index (χ0v) is 13.3. The first-order valence-corrected chi connectivity index (χ1v) is 8.17. The Morgan fingerprint density at radius 2 is 2.38 bits per heavy atom. The van der Waals surface area contributed by atoms with E-state index in [0.717, 1.165) is 25.1 Å². The molecule has 1 aliphatic rings. The third kappa shape index (κ3) is 3.26. The van der Waals surface area contributed by atoms with E-state index in [0.29, 0.717) is 6.04 Å². The normalized spacial score (nSPS) is 22.8. The molecule has 0 saturated carbocycles. The van der Waals surface area contributed by atoms with Gasteiger partial charge >= 0.3 is 0 Å². The zero-order valence-electron chi connectivity index (χ0n) is 11.7. The first kappa shape index (κ1) is 14.9. The van der Waals surface area contributed by atoms with Crippen LogP contribution in [0.4, 0.5) is 4.39 Å². The summed E-state index contributed by atoms with van der Waals surface area (Å²) in [5.41, 5.74) is 2.81. The Hall–Kier alpha value is -1.01. The van der Waals surface area contributed by atoms with Crippen molar-refractivity contribution in [1.82, 2.24) is 15.2 Å². The second kappa shape index (κ2) is 6.40. The van der Waals surface area contributed by atoms with Crippen molar-refractivity contribution < 1.29 is 4.39 Å². The summed E-state index contributed by atoms with van der Waals surface area (Å²) in [6.07, 6.45) is 2.93. The number of nitrogens with one attached hydrogen (secondary N) is 1. The first-order valence-electron chi connectivity index (χ1n) is 6.91. The van der Waals surface area contributed by atoms with Crippen LogP contribution >= 0.6 is 22.9 Å². The van der Waals surface area contributed by atoms with Gasteiger partial charge in [0.1, 0.15) is 5.82 Å². The molecule has 1 aromatic heterocycles. The number of hydrogen-bond donors (Lipinski definition) is 1. The van der Waals surface area contributed by atoms with Crippen LogP contribution in [0.25, 0.3) is 0 Å². The van der Waals surface area contributed by atoms with E-state index in [1.807, 2.05) is 17.8 Å². The standard InChI is InChI=1S/C15H17ClFN3S/c1-20-5-4-14(19-8-11-7-18-9-21-11)15(20)10-2-3-12(16)13(17)6-10/h2-3,6-7,9,14-15,19H,4-5,8H2,1H3/t14-,15-/m1/s1. The molecule has 0 spiro atoms. The summed E-state index contributed by atoms with van der Waals surface area (Å²) in [6.45, 7) is 1.80. The van der Waals surface area contributed by atoms with E-state index in [2.05, 4.69) is 22.2 Å². The van der Waals surface area contributed by atoms with Crippen molar-refractivity contribution >= 4 is 22.9 Å². The molecule has 0 bridgehead atoms. The SMILES string of the molecule is CN1CC[C@@H](NCc2cncs2)[C@H]1c1ccc(Cl)c(F)c1. The summed E-state index contributed by atoms with van der Waals surface area (Å²) in [4.78, 5) is 7.56. The van der Waals surface area contributed by atoms with Gasteiger partial charge in [0.15, 0.2) is 0 Å². The minimum Gasteiger partial charge on any atom is -0.307 e. The van der Waals surface area contributed by atoms with Crippen molar-refractivity contribution in [3.05, 3.63) is 51.2 Å². The van der Waals surface area contributed by atoms with Gasteiger partial charge < -0.3 is 5.32 Å². The lowest BCUT2D eigenvalue weighted by atomic mass is 10.00. The first-order chi connectivity index (χ1) is 10.1. The maximum Gasteiger partial charge on any atom is 0.142 e. The summed E-state index contributed by atoms with van der Waals surface area (Å²) < 4.78 is 13.7. The van der Waals surface area contributed by atoms with Crippen LogP contribution in [0.1, 0.15) is 22.9 Å². The summed E-state index contributed by atoms with van der Waals surface area (Å²) in [5.74, 6) is -0.351. The Balaban J connectivity index is 1.75. The predicted molar refractivity (Wildman–Crippen MR) is 84.1 cm³/mol. The molecule has 1 N–H and O–H groups in total. The molecule has 2 aromatic rings. The highest BCUT2D eigenvalue weighted by molar-refractivity contribution is 7.09. The molecule has 3 nitrogen and oxygen atoms in total. The van der Waals surface area contributed by atoms with Gasteiger partial charge in [-0.1, -0.05) is 17.7 Å². The van der Waals surface area contributed by atoms with Gasteiger partial charge in [0.2, 0.25) is 0 Å². The van der Waals surface area contributed by atoms with Gasteiger partial charge in [0.05, 0.1) is 10.5 Å². The van der Waals surface area contributed by atoms with E-state index in [-0.39, 0.29) is 16.9 Å². The molecule has 2 heterocycles. The van der Waals surface area contributed by atoms with Crippen LogP contribution in [-0.4, -0.2) is 29.5 Å². The molecule has 1 fully saturated rings. The zero-order chi connectivity index (χ0) is 14.8. The van der Waals surface area contributed by atoms with Crippen molar-refractivity contribution in [3.8, 4) is 0 Å². The number of nitrogens with zero attached hydrogens (tertiary/aromatic N) is 2. The molecule has 6 heteroatoms. The molecular weight excluding hydrogens is 309 g/mol. The third-order valence-electron chi connectivity index (χ3n) is 3.96. The number of hydrogen-bond acceptors (Lipinski definition) is 4. The van der Waals surface area contributed by atoms with Crippen molar-refractivity contribution in [2.24, 2.45) is 0 Å². The molecule has 1 aromatic carbocycles. The predicted octanol–water partition coefficient (Wildman–Crippen LogP) is 3.47. The summed E-state index contributed by atoms with van der Waals surface area (Å²) in [6, 6.07) is 5.58. The lowest BCUT2D eigenvalue weighted by Crippen LogP contribution is -2.34. The van der Waals surface area contributed by atoms with E-state index in [4.69, 9.17) is 11.6 Å². The van der Waals surface area contributed by atoms with Crippen LogP contribution in [0.2, 0.25) is 5.02 Å². The summed E-state index contributed by atoms with van der Waals surface area (Å²) in [5, 5.41) is 3.74. The topological polar surface area (TPSA) is 28.2 Å². The molecule has 0 aliphatic carbocycles. The highest BCUT2D eigenvalue weighted by atomic mass is 35.5. The Morgan fingerprint density at radius 3 is 3.10 bits per heavy atom. The second-order valence-electron chi connectivity index (χ2n) is 5.34. The van der Waals surface area contributed by atoms with E-state index < -0.39 is 0 Å². The van der Waals surface area contributed by atoms with Gasteiger partial charge in [0, 0.05) is 36.2 Å². The number of aromatic nitrogens is 1. The Bertz CT molecular complexity index is 605. The van der Waals surface area contributed by atoms with Gasteiger partial charge in [-0.2, -0.15) is 0 Å². The van der Waals surface area contributed by atoms with Crippen LogP contribution < -0.4 is 5.32 Å². The highest BCUT2D eigenvalue weighted by Gasteiger charge is 2.33. The number of likely N-dealkylation sites (tertiary alicyclic amines) is 1. The fraction of sp³-hybridized carbons (Fsp3) is 0.400. The molecule has 3 rings (SSSR count). The highest BCUT2D eigenvalue weighted by Crippen LogP contribution is 2.32. The Morgan fingerprint density at radius 1 is 1.52 bits per heavy atom. The van der Waals surface area contributed by atoms with Crippen LogP contribution in [0.3, 0.4) is 0 Å². The third-order valence-corrected chi connectivity index (χ3v) is 5.04.